The zero-order valence-corrected chi connectivity index (χ0v) is 17.4. The van der Waals surface area contributed by atoms with Crippen LogP contribution < -0.4 is 5.32 Å². The van der Waals surface area contributed by atoms with Gasteiger partial charge < -0.3 is 5.32 Å². The van der Waals surface area contributed by atoms with Crippen molar-refractivity contribution in [3.05, 3.63) is 63.4 Å². The lowest BCUT2D eigenvalue weighted by atomic mass is 10.1. The zero-order chi connectivity index (χ0) is 19.4. The van der Waals surface area contributed by atoms with Gasteiger partial charge in [-0.15, -0.1) is 0 Å². The van der Waals surface area contributed by atoms with E-state index in [0.29, 0.717) is 23.1 Å². The van der Waals surface area contributed by atoms with Crippen LogP contribution in [-0.2, 0) is 11.3 Å². The van der Waals surface area contributed by atoms with Crippen LogP contribution in [0, 0.1) is 19.7 Å². The Morgan fingerprint density at radius 3 is 2.37 bits per heavy atom. The molecule has 144 valence electrons. The summed E-state index contributed by atoms with van der Waals surface area (Å²) in [5.74, 6) is -0.181. The highest BCUT2D eigenvalue weighted by atomic mass is 79.9. The number of nitrogens with one attached hydrogen (secondary N) is 1. The molecule has 1 heterocycles. The van der Waals surface area contributed by atoms with Gasteiger partial charge in [-0.2, -0.15) is 0 Å². The van der Waals surface area contributed by atoms with E-state index in [1.54, 1.807) is 6.07 Å². The van der Waals surface area contributed by atoms with E-state index in [4.69, 9.17) is 0 Å². The predicted molar refractivity (Wildman–Crippen MR) is 110 cm³/mol. The highest BCUT2D eigenvalue weighted by Crippen LogP contribution is 2.20. The molecular weight excluding hydrogens is 409 g/mol. The van der Waals surface area contributed by atoms with Crippen molar-refractivity contribution in [2.24, 2.45) is 0 Å². The van der Waals surface area contributed by atoms with Crippen LogP contribution in [0.2, 0.25) is 0 Å². The number of anilines is 1. The molecule has 1 fully saturated rings. The molecule has 1 N–H and O–H groups in total. The first kappa shape index (κ1) is 20.0. The fraction of sp³-hybridized carbons (Fsp3) is 0.381. The quantitative estimate of drug-likeness (QED) is 0.774. The summed E-state index contributed by atoms with van der Waals surface area (Å²) in [7, 11) is 0. The molecule has 0 aliphatic carbocycles. The number of hydrogen-bond acceptors (Lipinski definition) is 3. The number of piperazine rings is 1. The number of hydrogen-bond donors (Lipinski definition) is 1. The molecule has 0 radical (unpaired) electrons. The molecule has 0 saturated carbocycles. The van der Waals surface area contributed by atoms with Gasteiger partial charge in [0.2, 0.25) is 5.91 Å². The van der Waals surface area contributed by atoms with E-state index >= 15 is 0 Å². The van der Waals surface area contributed by atoms with Crippen LogP contribution in [0.25, 0.3) is 0 Å². The number of nitrogens with zero attached hydrogens (tertiary/aromatic N) is 2. The summed E-state index contributed by atoms with van der Waals surface area (Å²) in [6, 6.07) is 11.4. The third kappa shape index (κ3) is 5.61. The molecule has 4 nitrogen and oxygen atoms in total. The number of rotatable bonds is 5. The van der Waals surface area contributed by atoms with Crippen LogP contribution in [0.1, 0.15) is 16.7 Å². The summed E-state index contributed by atoms with van der Waals surface area (Å²) in [6.45, 7) is 8.27. The number of aryl methyl sites for hydroxylation is 2. The fourth-order valence-corrected chi connectivity index (χ4v) is 3.87. The molecule has 2 aromatic rings. The largest absolute Gasteiger partial charge is 0.325 e. The van der Waals surface area contributed by atoms with Crippen molar-refractivity contribution in [1.82, 2.24) is 9.80 Å². The van der Waals surface area contributed by atoms with E-state index < -0.39 is 0 Å². The van der Waals surface area contributed by atoms with Crippen LogP contribution in [0.15, 0.2) is 40.9 Å². The van der Waals surface area contributed by atoms with Gasteiger partial charge in [0.15, 0.2) is 0 Å². The van der Waals surface area contributed by atoms with Gasteiger partial charge in [0, 0.05) is 44.0 Å². The van der Waals surface area contributed by atoms with Gasteiger partial charge >= 0.3 is 0 Å². The molecule has 2 aromatic carbocycles. The summed E-state index contributed by atoms with van der Waals surface area (Å²) in [5.41, 5.74) is 3.82. The van der Waals surface area contributed by atoms with Crippen LogP contribution in [0.3, 0.4) is 0 Å². The molecular formula is C21H25BrFN3O. The fourth-order valence-electron chi connectivity index (χ4n) is 3.47. The monoisotopic (exact) mass is 433 g/mol. The Labute approximate surface area is 168 Å². The van der Waals surface area contributed by atoms with Crippen molar-refractivity contribution in [2.75, 3.05) is 38.0 Å². The van der Waals surface area contributed by atoms with E-state index in [-0.39, 0.29) is 11.7 Å². The molecule has 3 rings (SSSR count). The zero-order valence-electron chi connectivity index (χ0n) is 15.8. The van der Waals surface area contributed by atoms with E-state index in [9.17, 15) is 9.18 Å². The number of benzene rings is 2. The maximum absolute atomic E-state index is 14.1. The molecule has 0 unspecified atom stereocenters. The lowest BCUT2D eigenvalue weighted by Gasteiger charge is -2.34. The van der Waals surface area contributed by atoms with Gasteiger partial charge in [-0.05, 0) is 59.1 Å². The van der Waals surface area contributed by atoms with Gasteiger partial charge in [-0.3, -0.25) is 14.6 Å². The normalized spacial score (nSPS) is 15.7. The second-order valence-corrected chi connectivity index (χ2v) is 8.04. The van der Waals surface area contributed by atoms with Crippen LogP contribution >= 0.6 is 15.9 Å². The van der Waals surface area contributed by atoms with Crippen molar-refractivity contribution in [1.29, 1.82) is 0 Å². The first-order chi connectivity index (χ1) is 12.9. The average Bonchev–Trinajstić information content (AvgIpc) is 2.59. The minimum Gasteiger partial charge on any atom is -0.325 e. The van der Waals surface area contributed by atoms with Crippen molar-refractivity contribution >= 4 is 27.5 Å². The number of carbonyl (C=O) groups is 1. The van der Waals surface area contributed by atoms with E-state index in [2.05, 4.69) is 37.1 Å². The van der Waals surface area contributed by atoms with E-state index in [1.807, 2.05) is 38.1 Å². The Bertz CT molecular complexity index is 799. The lowest BCUT2D eigenvalue weighted by molar-refractivity contribution is -0.117. The van der Waals surface area contributed by atoms with Crippen molar-refractivity contribution in [3.63, 3.8) is 0 Å². The first-order valence-electron chi connectivity index (χ1n) is 9.16. The van der Waals surface area contributed by atoms with Gasteiger partial charge in [-0.25, -0.2) is 4.39 Å². The van der Waals surface area contributed by atoms with Crippen LogP contribution in [0.5, 0.6) is 0 Å². The lowest BCUT2D eigenvalue weighted by Crippen LogP contribution is -2.48. The summed E-state index contributed by atoms with van der Waals surface area (Å²) < 4.78 is 14.6. The summed E-state index contributed by atoms with van der Waals surface area (Å²) >= 11 is 3.24. The molecule has 0 aromatic heterocycles. The Kier molecular flexibility index (Phi) is 6.63. The minimum absolute atomic E-state index is 0.00600. The maximum atomic E-state index is 14.1. The summed E-state index contributed by atoms with van der Waals surface area (Å²) in [5, 5.41) is 2.99. The SMILES string of the molecule is Cc1cc(C)cc(NC(=O)CN2CCN(Cc3cccc(Br)c3F)CC2)c1. The molecule has 1 aliphatic heterocycles. The van der Waals surface area contributed by atoms with Gasteiger partial charge in [0.05, 0.1) is 11.0 Å². The maximum Gasteiger partial charge on any atom is 0.238 e. The molecule has 1 amide bonds. The molecule has 27 heavy (non-hydrogen) atoms. The average molecular weight is 434 g/mol. The predicted octanol–water partition coefficient (Wildman–Crippen LogP) is 3.96. The first-order valence-corrected chi connectivity index (χ1v) is 9.96. The highest BCUT2D eigenvalue weighted by molar-refractivity contribution is 9.10. The van der Waals surface area contributed by atoms with Crippen molar-refractivity contribution in [2.45, 2.75) is 20.4 Å². The molecule has 6 heteroatoms. The van der Waals surface area contributed by atoms with Gasteiger partial charge in [-0.1, -0.05) is 18.2 Å². The van der Waals surface area contributed by atoms with Crippen LogP contribution in [0.4, 0.5) is 10.1 Å². The van der Waals surface area contributed by atoms with Gasteiger partial charge in [0.25, 0.3) is 0 Å². The number of carbonyl (C=O) groups excluding carboxylic acids is 1. The standard InChI is InChI=1S/C21H25BrFN3O/c1-15-10-16(2)12-18(11-15)24-20(27)14-26-8-6-25(7-9-26)13-17-4-3-5-19(22)21(17)23/h3-5,10-12H,6-9,13-14H2,1-2H3,(H,24,27). The topological polar surface area (TPSA) is 35.6 Å². The summed E-state index contributed by atoms with van der Waals surface area (Å²) in [4.78, 5) is 16.7. The van der Waals surface area contributed by atoms with Crippen molar-refractivity contribution < 1.29 is 9.18 Å². The molecule has 1 aliphatic rings. The van der Waals surface area contributed by atoms with Crippen molar-refractivity contribution in [3.8, 4) is 0 Å². The van der Waals surface area contributed by atoms with E-state index in [0.717, 1.165) is 43.0 Å². The third-order valence-electron chi connectivity index (χ3n) is 4.76. The minimum atomic E-state index is -0.187. The van der Waals surface area contributed by atoms with E-state index in [1.165, 1.54) is 0 Å². The third-order valence-corrected chi connectivity index (χ3v) is 5.38. The second kappa shape index (κ2) is 8.95. The Morgan fingerprint density at radius 1 is 1.07 bits per heavy atom. The molecule has 0 bridgehead atoms. The molecule has 0 spiro atoms. The Morgan fingerprint density at radius 2 is 1.70 bits per heavy atom. The molecule has 1 saturated heterocycles. The van der Waals surface area contributed by atoms with Gasteiger partial charge in [0.1, 0.15) is 5.82 Å². The molecule has 0 atom stereocenters. The second-order valence-electron chi connectivity index (χ2n) is 7.19. The number of halogens is 2. The smallest absolute Gasteiger partial charge is 0.238 e. The summed E-state index contributed by atoms with van der Waals surface area (Å²) in [6.07, 6.45) is 0. The highest BCUT2D eigenvalue weighted by Gasteiger charge is 2.20. The Balaban J connectivity index is 1.47. The number of amides is 1. The van der Waals surface area contributed by atoms with Crippen LogP contribution in [-0.4, -0.2) is 48.4 Å². The Hall–Kier alpha value is -1.76.